The van der Waals surface area contributed by atoms with E-state index in [2.05, 4.69) is 37.6 Å². The van der Waals surface area contributed by atoms with Crippen molar-refractivity contribution < 1.29 is 13.9 Å². The van der Waals surface area contributed by atoms with Gasteiger partial charge in [0.2, 0.25) is 5.89 Å². The molecule has 2 aromatic heterocycles. The van der Waals surface area contributed by atoms with Crippen molar-refractivity contribution in [1.82, 2.24) is 14.8 Å². The number of hydrogen-bond acceptors (Lipinski definition) is 6. The first-order chi connectivity index (χ1) is 13.4. The molecule has 0 saturated carbocycles. The van der Waals surface area contributed by atoms with E-state index < -0.39 is 0 Å². The number of ether oxygens (including phenoxy) is 1. The third-order valence-electron chi connectivity index (χ3n) is 4.46. The summed E-state index contributed by atoms with van der Waals surface area (Å²) in [6.45, 7) is 6.65. The predicted octanol–water partition coefficient (Wildman–Crippen LogP) is 5.10. The third-order valence-corrected chi connectivity index (χ3v) is 5.80. The molecule has 0 amide bonds. The van der Waals surface area contributed by atoms with Crippen molar-refractivity contribution in [2.45, 2.75) is 32.0 Å². The van der Waals surface area contributed by atoms with E-state index in [1.54, 1.807) is 7.11 Å². The van der Waals surface area contributed by atoms with Gasteiger partial charge in [0.05, 0.1) is 18.4 Å². The van der Waals surface area contributed by atoms with E-state index in [0.29, 0.717) is 17.7 Å². The van der Waals surface area contributed by atoms with E-state index in [9.17, 15) is 4.79 Å². The van der Waals surface area contributed by atoms with Crippen molar-refractivity contribution in [2.75, 3.05) is 19.5 Å². The van der Waals surface area contributed by atoms with E-state index in [4.69, 9.17) is 9.15 Å². The van der Waals surface area contributed by atoms with Gasteiger partial charge in [-0.2, -0.15) is 0 Å². The minimum atomic E-state index is 0.0392. The number of carbonyl (C=O) groups excluding carboxylic acids is 1. The highest BCUT2D eigenvalue weighted by atomic mass is 79.9. The van der Waals surface area contributed by atoms with Gasteiger partial charge in [-0.1, -0.05) is 27.7 Å². The van der Waals surface area contributed by atoms with Gasteiger partial charge in [0.15, 0.2) is 5.78 Å². The molecule has 3 aromatic rings. The summed E-state index contributed by atoms with van der Waals surface area (Å²) in [5.41, 5.74) is 3.56. The first-order valence-corrected chi connectivity index (χ1v) is 10.6. The largest absolute Gasteiger partial charge is 0.411 e. The molecule has 0 aliphatic carbocycles. The normalized spacial score (nSPS) is 12.3. The predicted molar refractivity (Wildman–Crippen MR) is 113 cm³/mol. The van der Waals surface area contributed by atoms with Crippen molar-refractivity contribution in [3.8, 4) is 11.5 Å². The van der Waals surface area contributed by atoms with Gasteiger partial charge < -0.3 is 13.7 Å². The Hall–Kier alpha value is -1.90. The highest BCUT2D eigenvalue weighted by Gasteiger charge is 2.20. The van der Waals surface area contributed by atoms with Crippen molar-refractivity contribution in [3.05, 3.63) is 51.8 Å². The molecule has 0 radical (unpaired) electrons. The Kier molecular flexibility index (Phi) is 6.74. The lowest BCUT2D eigenvalue weighted by molar-refractivity contribution is 0.102. The zero-order chi connectivity index (χ0) is 20.3. The Balaban J connectivity index is 1.68. The summed E-state index contributed by atoms with van der Waals surface area (Å²) >= 11 is 4.65. The second kappa shape index (κ2) is 9.07. The summed E-state index contributed by atoms with van der Waals surface area (Å²) in [7, 11) is 1.68. The SMILES string of the molecule is COCC(C)n1c(C)cc(C(=O)CSc2nnc(-c3ccc(Br)cc3)o2)c1C. The van der Waals surface area contributed by atoms with E-state index in [1.807, 2.05) is 44.2 Å². The number of hydrogen-bond donors (Lipinski definition) is 0. The molecule has 1 aromatic carbocycles. The van der Waals surface area contributed by atoms with Crippen LogP contribution >= 0.6 is 27.7 Å². The van der Waals surface area contributed by atoms with Crippen LogP contribution in [0.5, 0.6) is 0 Å². The van der Waals surface area contributed by atoms with Crippen LogP contribution in [0.1, 0.15) is 34.7 Å². The molecule has 0 fully saturated rings. The van der Waals surface area contributed by atoms with E-state index >= 15 is 0 Å². The van der Waals surface area contributed by atoms with Crippen molar-refractivity contribution in [2.24, 2.45) is 0 Å². The quantitative estimate of drug-likeness (QED) is 0.341. The van der Waals surface area contributed by atoms with Gasteiger partial charge >= 0.3 is 0 Å². The van der Waals surface area contributed by atoms with Gasteiger partial charge in [-0.25, -0.2) is 0 Å². The van der Waals surface area contributed by atoms with E-state index in [-0.39, 0.29) is 17.6 Å². The number of aryl methyl sites for hydroxylation is 1. The lowest BCUT2D eigenvalue weighted by Crippen LogP contribution is -2.14. The highest BCUT2D eigenvalue weighted by molar-refractivity contribution is 9.10. The van der Waals surface area contributed by atoms with Crippen molar-refractivity contribution >= 4 is 33.5 Å². The molecule has 6 nitrogen and oxygen atoms in total. The molecule has 1 atom stereocenters. The fourth-order valence-corrected chi connectivity index (χ4v) is 4.15. The summed E-state index contributed by atoms with van der Waals surface area (Å²) in [6.07, 6.45) is 0. The molecule has 1 unspecified atom stereocenters. The summed E-state index contributed by atoms with van der Waals surface area (Å²) in [6, 6.07) is 9.72. The second-order valence-corrected chi connectivity index (χ2v) is 8.39. The van der Waals surface area contributed by atoms with Crippen LogP contribution in [0.3, 0.4) is 0 Å². The van der Waals surface area contributed by atoms with Crippen LogP contribution in [0.25, 0.3) is 11.5 Å². The van der Waals surface area contributed by atoms with E-state index in [0.717, 1.165) is 27.0 Å². The number of thioether (sulfide) groups is 1. The number of benzene rings is 1. The molecule has 8 heteroatoms. The zero-order valence-corrected chi connectivity index (χ0v) is 18.6. The van der Waals surface area contributed by atoms with Gasteiger partial charge in [0.25, 0.3) is 5.22 Å². The molecule has 148 valence electrons. The van der Waals surface area contributed by atoms with Crippen LogP contribution < -0.4 is 0 Å². The topological polar surface area (TPSA) is 70.2 Å². The first kappa shape index (κ1) is 20.8. The molecular formula is C20H22BrN3O3S. The Labute approximate surface area is 176 Å². The van der Waals surface area contributed by atoms with Crippen molar-refractivity contribution in [1.29, 1.82) is 0 Å². The number of nitrogens with zero attached hydrogens (tertiary/aromatic N) is 3. The Morgan fingerprint density at radius 2 is 2.00 bits per heavy atom. The van der Waals surface area contributed by atoms with Gasteiger partial charge in [-0.3, -0.25) is 4.79 Å². The van der Waals surface area contributed by atoms with Gasteiger partial charge in [-0.15, -0.1) is 10.2 Å². The number of methoxy groups -OCH3 is 1. The maximum absolute atomic E-state index is 12.7. The number of rotatable bonds is 8. The van der Waals surface area contributed by atoms with Crippen LogP contribution in [0, 0.1) is 13.8 Å². The molecule has 0 aliphatic rings. The van der Waals surface area contributed by atoms with Crippen LogP contribution in [0.2, 0.25) is 0 Å². The molecule has 0 spiro atoms. The van der Waals surface area contributed by atoms with Gasteiger partial charge in [0, 0.05) is 34.1 Å². The molecular weight excluding hydrogens is 442 g/mol. The summed E-state index contributed by atoms with van der Waals surface area (Å²) in [5, 5.41) is 8.49. The number of Topliss-reactive ketones (excluding diaryl/α,β-unsaturated/α-hetero) is 1. The third kappa shape index (κ3) is 4.56. The lowest BCUT2D eigenvalue weighted by atomic mass is 10.2. The fourth-order valence-electron chi connectivity index (χ4n) is 3.24. The molecule has 0 aliphatic heterocycles. The molecule has 0 bridgehead atoms. The van der Waals surface area contributed by atoms with Gasteiger partial charge in [-0.05, 0) is 51.1 Å². The molecule has 2 heterocycles. The molecule has 0 saturated heterocycles. The zero-order valence-electron chi connectivity index (χ0n) is 16.2. The summed E-state index contributed by atoms with van der Waals surface area (Å²) in [4.78, 5) is 12.7. The molecule has 3 rings (SSSR count). The maximum atomic E-state index is 12.7. The molecule has 0 N–H and O–H groups in total. The summed E-state index contributed by atoms with van der Waals surface area (Å²) in [5.74, 6) is 0.719. The maximum Gasteiger partial charge on any atom is 0.277 e. The fraction of sp³-hybridized carbons (Fsp3) is 0.350. The van der Waals surface area contributed by atoms with E-state index in [1.165, 1.54) is 11.8 Å². The average molecular weight is 464 g/mol. The smallest absolute Gasteiger partial charge is 0.277 e. The standard InChI is InChI=1S/C20H22BrN3O3S/c1-12-9-17(14(3)24(12)13(2)10-26-4)18(25)11-28-20-23-22-19(27-20)15-5-7-16(21)8-6-15/h5-9,13H,10-11H2,1-4H3. The number of aromatic nitrogens is 3. The Morgan fingerprint density at radius 3 is 2.68 bits per heavy atom. The minimum Gasteiger partial charge on any atom is -0.411 e. The van der Waals surface area contributed by atoms with Gasteiger partial charge in [0.1, 0.15) is 0 Å². The number of carbonyl (C=O) groups is 1. The number of ketones is 1. The van der Waals surface area contributed by atoms with Crippen LogP contribution in [0.4, 0.5) is 0 Å². The van der Waals surface area contributed by atoms with Crippen LogP contribution in [-0.2, 0) is 4.74 Å². The van der Waals surface area contributed by atoms with Crippen LogP contribution in [-0.4, -0.2) is 40.0 Å². The minimum absolute atomic E-state index is 0.0392. The van der Waals surface area contributed by atoms with Crippen molar-refractivity contribution in [3.63, 3.8) is 0 Å². The Bertz CT molecular complexity index is 966. The number of halogens is 1. The first-order valence-electron chi connectivity index (χ1n) is 8.83. The highest BCUT2D eigenvalue weighted by Crippen LogP contribution is 2.26. The molecule has 28 heavy (non-hydrogen) atoms. The average Bonchev–Trinajstić information content (AvgIpc) is 3.25. The van der Waals surface area contributed by atoms with Crippen LogP contribution in [0.15, 0.2) is 44.4 Å². The summed E-state index contributed by atoms with van der Waals surface area (Å²) < 4.78 is 14.0. The Morgan fingerprint density at radius 1 is 1.29 bits per heavy atom. The lowest BCUT2D eigenvalue weighted by Gasteiger charge is -2.17. The monoisotopic (exact) mass is 463 g/mol. The second-order valence-electron chi connectivity index (χ2n) is 6.55.